The molecule has 0 saturated carbocycles. The number of para-hydroxylation sites is 1. The van der Waals surface area contributed by atoms with E-state index in [-0.39, 0.29) is 17.5 Å². The van der Waals surface area contributed by atoms with Gasteiger partial charge in [0.15, 0.2) is 11.6 Å². The monoisotopic (exact) mass is 330 g/mol. The van der Waals surface area contributed by atoms with Crippen LogP contribution in [0, 0.1) is 5.82 Å². The van der Waals surface area contributed by atoms with Gasteiger partial charge in [-0.1, -0.05) is 42.5 Å². The van der Waals surface area contributed by atoms with Crippen LogP contribution >= 0.6 is 0 Å². The Hall–Kier alpha value is -2.40. The standard InChI is InChI=1S/C19H23FN2O2/c1-21(2)19(23)18(15-9-5-4-6-10-15)22(3)13-14-24-17-12-8-7-11-16(17)20/h4-12,18H,13-14H2,1-3H3. The van der Waals surface area contributed by atoms with Gasteiger partial charge < -0.3 is 9.64 Å². The number of halogens is 1. The molecule has 0 saturated heterocycles. The Morgan fingerprint density at radius 2 is 1.67 bits per heavy atom. The molecule has 2 aromatic carbocycles. The van der Waals surface area contributed by atoms with Crippen LogP contribution in [0.5, 0.6) is 5.75 Å². The van der Waals surface area contributed by atoms with E-state index in [1.807, 2.05) is 42.3 Å². The maximum Gasteiger partial charge on any atom is 0.244 e. The fourth-order valence-electron chi connectivity index (χ4n) is 2.46. The van der Waals surface area contributed by atoms with Crippen LogP contribution in [0.1, 0.15) is 11.6 Å². The number of hydrogen-bond donors (Lipinski definition) is 0. The Balaban J connectivity index is 2.04. The van der Waals surface area contributed by atoms with Gasteiger partial charge in [-0.15, -0.1) is 0 Å². The molecule has 0 aliphatic carbocycles. The predicted molar refractivity (Wildman–Crippen MR) is 92.4 cm³/mol. The van der Waals surface area contributed by atoms with Gasteiger partial charge in [0.1, 0.15) is 12.6 Å². The van der Waals surface area contributed by atoms with Gasteiger partial charge in [-0.2, -0.15) is 0 Å². The highest BCUT2D eigenvalue weighted by Crippen LogP contribution is 2.21. The van der Waals surface area contributed by atoms with Crippen LogP contribution in [-0.2, 0) is 4.79 Å². The van der Waals surface area contributed by atoms with Gasteiger partial charge in [0.2, 0.25) is 5.91 Å². The fraction of sp³-hybridized carbons (Fsp3) is 0.316. The average Bonchev–Trinajstić information content (AvgIpc) is 2.57. The molecule has 2 aromatic rings. The molecule has 1 unspecified atom stereocenters. The van der Waals surface area contributed by atoms with Crippen molar-refractivity contribution in [3.05, 3.63) is 66.0 Å². The van der Waals surface area contributed by atoms with Crippen LogP contribution in [0.15, 0.2) is 54.6 Å². The lowest BCUT2D eigenvalue weighted by Crippen LogP contribution is -2.39. The van der Waals surface area contributed by atoms with Gasteiger partial charge in [-0.25, -0.2) is 4.39 Å². The number of hydrogen-bond acceptors (Lipinski definition) is 3. The minimum atomic E-state index is -0.398. The van der Waals surface area contributed by atoms with E-state index in [1.54, 1.807) is 37.2 Å². The van der Waals surface area contributed by atoms with E-state index in [9.17, 15) is 9.18 Å². The van der Waals surface area contributed by atoms with Crippen molar-refractivity contribution in [1.29, 1.82) is 0 Å². The number of nitrogens with zero attached hydrogens (tertiary/aromatic N) is 2. The van der Waals surface area contributed by atoms with Crippen molar-refractivity contribution in [3.63, 3.8) is 0 Å². The minimum absolute atomic E-state index is 0.00501. The molecule has 0 aromatic heterocycles. The Kier molecular flexibility index (Phi) is 6.32. The first-order valence-electron chi connectivity index (χ1n) is 7.84. The van der Waals surface area contributed by atoms with Crippen molar-refractivity contribution < 1.29 is 13.9 Å². The van der Waals surface area contributed by atoms with Crippen LogP contribution < -0.4 is 4.74 Å². The largest absolute Gasteiger partial charge is 0.489 e. The second-order valence-electron chi connectivity index (χ2n) is 5.81. The molecule has 0 N–H and O–H groups in total. The summed E-state index contributed by atoms with van der Waals surface area (Å²) in [6.45, 7) is 0.787. The minimum Gasteiger partial charge on any atom is -0.489 e. The zero-order chi connectivity index (χ0) is 17.5. The molecule has 0 heterocycles. The smallest absolute Gasteiger partial charge is 0.244 e. The highest BCUT2D eigenvalue weighted by Gasteiger charge is 2.26. The van der Waals surface area contributed by atoms with Crippen molar-refractivity contribution >= 4 is 5.91 Å². The molecule has 2 rings (SSSR count). The van der Waals surface area contributed by atoms with Crippen LogP contribution in [0.4, 0.5) is 4.39 Å². The lowest BCUT2D eigenvalue weighted by molar-refractivity contribution is -0.134. The van der Waals surface area contributed by atoms with E-state index in [0.29, 0.717) is 13.2 Å². The van der Waals surface area contributed by atoms with E-state index < -0.39 is 6.04 Å². The SMILES string of the molecule is CN(C)C(=O)C(c1ccccc1)N(C)CCOc1ccccc1F. The summed E-state index contributed by atoms with van der Waals surface area (Å²) < 4.78 is 19.1. The quantitative estimate of drug-likeness (QED) is 0.782. The molecule has 1 atom stereocenters. The fourth-order valence-corrected chi connectivity index (χ4v) is 2.46. The summed E-state index contributed by atoms with van der Waals surface area (Å²) in [6.07, 6.45) is 0. The second-order valence-corrected chi connectivity index (χ2v) is 5.81. The van der Waals surface area contributed by atoms with Gasteiger partial charge in [0.25, 0.3) is 0 Å². The topological polar surface area (TPSA) is 32.8 Å². The van der Waals surface area contributed by atoms with Crippen molar-refractivity contribution in [2.24, 2.45) is 0 Å². The number of ether oxygens (including phenoxy) is 1. The van der Waals surface area contributed by atoms with Crippen LogP contribution in [0.2, 0.25) is 0 Å². The van der Waals surface area contributed by atoms with Crippen molar-refractivity contribution in [3.8, 4) is 5.75 Å². The number of rotatable bonds is 7. The molecular weight excluding hydrogens is 307 g/mol. The molecule has 4 nitrogen and oxygen atoms in total. The van der Waals surface area contributed by atoms with E-state index in [2.05, 4.69) is 0 Å². The Morgan fingerprint density at radius 3 is 2.29 bits per heavy atom. The van der Waals surface area contributed by atoms with Gasteiger partial charge in [-0.05, 0) is 24.7 Å². The van der Waals surface area contributed by atoms with E-state index in [0.717, 1.165) is 5.56 Å². The number of carbonyl (C=O) groups excluding carboxylic acids is 1. The molecule has 1 amide bonds. The average molecular weight is 330 g/mol. The van der Waals surface area contributed by atoms with Crippen LogP contribution in [0.25, 0.3) is 0 Å². The van der Waals surface area contributed by atoms with Gasteiger partial charge in [0.05, 0.1) is 0 Å². The summed E-state index contributed by atoms with van der Waals surface area (Å²) in [4.78, 5) is 16.0. The first-order chi connectivity index (χ1) is 11.5. The van der Waals surface area contributed by atoms with Gasteiger partial charge in [-0.3, -0.25) is 9.69 Å². The van der Waals surface area contributed by atoms with Crippen LogP contribution in [0.3, 0.4) is 0 Å². The molecule has 24 heavy (non-hydrogen) atoms. The summed E-state index contributed by atoms with van der Waals surface area (Å²) in [7, 11) is 5.34. The molecule has 0 spiro atoms. The number of likely N-dealkylation sites (N-methyl/N-ethyl adjacent to an activating group) is 2. The third-order valence-electron chi connectivity index (χ3n) is 3.77. The lowest BCUT2D eigenvalue weighted by atomic mass is 10.0. The van der Waals surface area contributed by atoms with Crippen molar-refractivity contribution in [2.45, 2.75) is 6.04 Å². The van der Waals surface area contributed by atoms with E-state index in [1.165, 1.54) is 6.07 Å². The molecule has 5 heteroatoms. The summed E-state index contributed by atoms with van der Waals surface area (Å²) in [5.41, 5.74) is 0.921. The Bertz CT molecular complexity index is 661. The predicted octanol–water partition coefficient (Wildman–Crippen LogP) is 2.97. The Morgan fingerprint density at radius 1 is 1.04 bits per heavy atom. The first-order valence-corrected chi connectivity index (χ1v) is 7.84. The molecular formula is C19H23FN2O2. The van der Waals surface area contributed by atoms with E-state index >= 15 is 0 Å². The maximum atomic E-state index is 13.6. The second kappa shape index (κ2) is 8.45. The maximum absolute atomic E-state index is 13.6. The van der Waals surface area contributed by atoms with Crippen molar-refractivity contribution in [2.75, 3.05) is 34.3 Å². The lowest BCUT2D eigenvalue weighted by Gasteiger charge is -2.29. The molecule has 0 radical (unpaired) electrons. The number of carbonyl (C=O) groups is 1. The first kappa shape index (κ1) is 17.9. The van der Waals surface area contributed by atoms with Gasteiger partial charge in [0, 0.05) is 20.6 Å². The molecule has 0 fully saturated rings. The highest BCUT2D eigenvalue weighted by atomic mass is 19.1. The van der Waals surface area contributed by atoms with Crippen molar-refractivity contribution in [1.82, 2.24) is 9.80 Å². The normalized spacial score (nSPS) is 12.0. The highest BCUT2D eigenvalue weighted by molar-refractivity contribution is 5.82. The number of amides is 1. The Labute approximate surface area is 142 Å². The zero-order valence-electron chi connectivity index (χ0n) is 14.3. The molecule has 128 valence electrons. The molecule has 0 bridgehead atoms. The van der Waals surface area contributed by atoms with E-state index in [4.69, 9.17) is 4.74 Å². The van der Waals surface area contributed by atoms with Crippen LogP contribution in [-0.4, -0.2) is 50.0 Å². The summed E-state index contributed by atoms with van der Waals surface area (Å²) in [5.74, 6) is -0.167. The third kappa shape index (κ3) is 4.55. The van der Waals surface area contributed by atoms with Gasteiger partial charge >= 0.3 is 0 Å². The summed E-state index contributed by atoms with van der Waals surface area (Å²) in [6, 6.07) is 15.5. The third-order valence-corrected chi connectivity index (χ3v) is 3.77. The summed E-state index contributed by atoms with van der Waals surface area (Å²) >= 11 is 0. The zero-order valence-corrected chi connectivity index (χ0v) is 14.3. The number of benzene rings is 2. The molecule has 0 aliphatic heterocycles. The summed E-state index contributed by atoms with van der Waals surface area (Å²) in [5, 5.41) is 0. The molecule has 0 aliphatic rings.